The molecule has 0 aliphatic carbocycles. The summed E-state index contributed by atoms with van der Waals surface area (Å²) in [6.45, 7) is -0.690. The van der Waals surface area contributed by atoms with Crippen molar-refractivity contribution in [2.75, 3.05) is 32.2 Å². The molecule has 12 nitrogen and oxygen atoms in total. The van der Waals surface area contributed by atoms with Crippen LogP contribution in [0.5, 0.6) is 17.2 Å². The highest BCUT2D eigenvalue weighted by Gasteiger charge is 2.30. The van der Waals surface area contributed by atoms with Crippen LogP contribution in [0.2, 0.25) is 5.02 Å². The van der Waals surface area contributed by atoms with Gasteiger partial charge in [-0.05, 0) is 48.0 Å². The van der Waals surface area contributed by atoms with Crippen molar-refractivity contribution in [3.8, 4) is 17.2 Å². The third-order valence-electron chi connectivity index (χ3n) is 5.15. The second-order valence-electron chi connectivity index (χ2n) is 7.49. The highest BCUT2D eigenvalue weighted by atomic mass is 35.5. The van der Waals surface area contributed by atoms with Gasteiger partial charge in [-0.25, -0.2) is 13.8 Å². The number of hydrogen-bond acceptors (Lipinski definition) is 9. The molecule has 0 radical (unpaired) electrons. The zero-order valence-corrected chi connectivity index (χ0v) is 22.0. The average Bonchev–Trinajstić information content (AvgIpc) is 2.91. The van der Waals surface area contributed by atoms with E-state index >= 15 is 0 Å². The molecule has 0 aliphatic heterocycles. The summed E-state index contributed by atoms with van der Waals surface area (Å²) in [6, 6.07) is 13.8. The number of nitrogens with zero attached hydrogens (tertiary/aromatic N) is 3. The van der Waals surface area contributed by atoms with Gasteiger partial charge in [0.05, 0.1) is 43.1 Å². The van der Waals surface area contributed by atoms with Crippen LogP contribution in [0.3, 0.4) is 0 Å². The molecule has 0 saturated heterocycles. The van der Waals surface area contributed by atoms with E-state index in [1.807, 2.05) is 0 Å². The molecular weight excluding hydrogens is 540 g/mol. The predicted molar refractivity (Wildman–Crippen MR) is 141 cm³/mol. The van der Waals surface area contributed by atoms with Crippen LogP contribution in [-0.2, 0) is 14.8 Å². The number of hydrazone groups is 1. The van der Waals surface area contributed by atoms with Crippen molar-refractivity contribution in [3.05, 3.63) is 81.4 Å². The molecule has 0 spiro atoms. The molecule has 1 N–H and O–H groups in total. The van der Waals surface area contributed by atoms with E-state index in [1.165, 1.54) is 88.2 Å². The second-order valence-corrected chi connectivity index (χ2v) is 9.79. The van der Waals surface area contributed by atoms with E-state index < -0.39 is 27.4 Å². The fourth-order valence-corrected chi connectivity index (χ4v) is 4.89. The predicted octanol–water partition coefficient (Wildman–Crippen LogP) is 3.62. The summed E-state index contributed by atoms with van der Waals surface area (Å²) in [5.74, 6) is -0.143. The number of ether oxygens (including phenoxy) is 3. The number of nitrogens with one attached hydrogen (secondary N) is 1. The third kappa shape index (κ3) is 6.49. The number of amides is 1. The molecule has 0 atom stereocenters. The van der Waals surface area contributed by atoms with Crippen LogP contribution in [0.4, 0.5) is 11.4 Å². The molecule has 1 amide bonds. The fourth-order valence-electron chi connectivity index (χ4n) is 3.29. The van der Waals surface area contributed by atoms with Crippen LogP contribution < -0.4 is 23.9 Å². The number of carbonyl (C=O) groups is 1. The number of carbonyl (C=O) groups excluding carboxylic acids is 1. The van der Waals surface area contributed by atoms with E-state index in [9.17, 15) is 23.3 Å². The summed E-state index contributed by atoms with van der Waals surface area (Å²) in [5.41, 5.74) is 2.65. The first-order chi connectivity index (χ1) is 18.1. The molecule has 14 heteroatoms. The van der Waals surface area contributed by atoms with Crippen LogP contribution >= 0.6 is 11.6 Å². The number of halogens is 1. The molecule has 3 aromatic carbocycles. The van der Waals surface area contributed by atoms with Crippen LogP contribution in [0, 0.1) is 10.1 Å². The van der Waals surface area contributed by atoms with Gasteiger partial charge in [-0.2, -0.15) is 5.10 Å². The maximum Gasteiger partial charge on any atom is 0.269 e. The Kier molecular flexibility index (Phi) is 9.10. The summed E-state index contributed by atoms with van der Waals surface area (Å²) in [6.07, 6.45) is 1.26. The Morgan fingerprint density at radius 1 is 1.00 bits per heavy atom. The highest BCUT2D eigenvalue weighted by molar-refractivity contribution is 7.92. The first kappa shape index (κ1) is 28.2. The van der Waals surface area contributed by atoms with E-state index in [1.54, 1.807) is 0 Å². The first-order valence-corrected chi connectivity index (χ1v) is 12.6. The minimum absolute atomic E-state index is 0.0179. The lowest BCUT2D eigenvalue weighted by Crippen LogP contribution is -2.39. The number of benzene rings is 3. The number of hydrogen-bond donors (Lipinski definition) is 1. The summed E-state index contributed by atoms with van der Waals surface area (Å²) in [7, 11) is -0.237. The second kappa shape index (κ2) is 12.3. The normalized spacial score (nSPS) is 11.2. The van der Waals surface area contributed by atoms with Gasteiger partial charge in [-0.1, -0.05) is 11.6 Å². The van der Waals surface area contributed by atoms with E-state index in [0.717, 1.165) is 4.31 Å². The molecule has 38 heavy (non-hydrogen) atoms. The van der Waals surface area contributed by atoms with Crippen molar-refractivity contribution in [1.29, 1.82) is 0 Å². The standard InChI is InChI=1S/C24H23ClN4O8S/c1-35-21-10-6-17(25)12-20(21)28(38(33,34)19-9-11-22(36-2)23(13-19)37-3)15-24(30)27-26-14-16-4-7-18(8-5-16)29(31)32/h4-14H,15H2,1-3H3,(H,27,30)/b26-14-. The van der Waals surface area contributed by atoms with Crippen LogP contribution in [-0.4, -0.2) is 53.3 Å². The minimum atomic E-state index is -4.36. The highest BCUT2D eigenvalue weighted by Crippen LogP contribution is 2.36. The zero-order chi connectivity index (χ0) is 27.9. The Labute approximate surface area is 223 Å². The SMILES string of the molecule is COc1ccc(S(=O)(=O)N(CC(=O)N/N=C\c2ccc([N+](=O)[O-])cc2)c2cc(Cl)ccc2OC)cc1OC. The topological polar surface area (TPSA) is 150 Å². The largest absolute Gasteiger partial charge is 0.495 e. The van der Waals surface area contributed by atoms with Crippen LogP contribution in [0.15, 0.2) is 70.7 Å². The van der Waals surface area contributed by atoms with Gasteiger partial charge < -0.3 is 14.2 Å². The molecule has 200 valence electrons. The third-order valence-corrected chi connectivity index (χ3v) is 7.14. The molecule has 0 aromatic heterocycles. The number of rotatable bonds is 11. The quantitative estimate of drug-likeness (QED) is 0.211. The number of nitro groups is 1. The first-order valence-electron chi connectivity index (χ1n) is 10.8. The van der Waals surface area contributed by atoms with Crippen molar-refractivity contribution in [3.63, 3.8) is 0 Å². The Bertz CT molecular complexity index is 1460. The smallest absolute Gasteiger partial charge is 0.269 e. The number of non-ortho nitro benzene ring substituents is 1. The van der Waals surface area contributed by atoms with Crippen molar-refractivity contribution in [1.82, 2.24) is 5.43 Å². The molecule has 0 fully saturated rings. The van der Waals surface area contributed by atoms with Gasteiger partial charge in [0.25, 0.3) is 21.6 Å². The Morgan fingerprint density at radius 3 is 2.24 bits per heavy atom. The summed E-state index contributed by atoms with van der Waals surface area (Å²) in [5, 5.41) is 14.8. The van der Waals surface area contributed by atoms with Crippen LogP contribution in [0.25, 0.3) is 0 Å². The Balaban J connectivity index is 1.94. The molecule has 3 rings (SSSR count). The van der Waals surface area contributed by atoms with E-state index in [2.05, 4.69) is 10.5 Å². The number of nitro benzene ring substituents is 1. The average molecular weight is 563 g/mol. The summed E-state index contributed by atoms with van der Waals surface area (Å²) in [4.78, 5) is 22.9. The van der Waals surface area contributed by atoms with E-state index in [4.69, 9.17) is 25.8 Å². The monoisotopic (exact) mass is 562 g/mol. The molecule has 0 bridgehead atoms. The van der Waals surface area contributed by atoms with E-state index in [0.29, 0.717) is 11.3 Å². The number of methoxy groups -OCH3 is 3. The Morgan fingerprint density at radius 2 is 1.63 bits per heavy atom. The van der Waals surface area contributed by atoms with E-state index in [-0.39, 0.29) is 32.8 Å². The molecular formula is C24H23ClN4O8S. The van der Waals surface area contributed by atoms with Crippen molar-refractivity contribution >= 4 is 45.1 Å². The van der Waals surface area contributed by atoms with Crippen molar-refractivity contribution in [2.24, 2.45) is 5.10 Å². The lowest BCUT2D eigenvalue weighted by Gasteiger charge is -2.25. The van der Waals surface area contributed by atoms with Crippen molar-refractivity contribution < 1.29 is 32.3 Å². The maximum absolute atomic E-state index is 13.8. The molecule has 0 heterocycles. The molecule has 0 aliphatic rings. The Hall–Kier alpha value is -4.36. The van der Waals surface area contributed by atoms with Gasteiger partial charge in [0.1, 0.15) is 12.3 Å². The van der Waals surface area contributed by atoms with Crippen LogP contribution in [0.1, 0.15) is 5.56 Å². The van der Waals surface area contributed by atoms with Gasteiger partial charge in [0.2, 0.25) is 0 Å². The van der Waals surface area contributed by atoms with Gasteiger partial charge in [0, 0.05) is 23.2 Å². The van der Waals surface area contributed by atoms with Gasteiger partial charge >= 0.3 is 0 Å². The summed E-state index contributed by atoms with van der Waals surface area (Å²) < 4.78 is 44.1. The lowest BCUT2D eigenvalue weighted by molar-refractivity contribution is -0.384. The number of anilines is 1. The zero-order valence-electron chi connectivity index (χ0n) is 20.5. The maximum atomic E-state index is 13.8. The number of sulfonamides is 1. The van der Waals surface area contributed by atoms with Gasteiger partial charge in [-0.15, -0.1) is 0 Å². The lowest BCUT2D eigenvalue weighted by atomic mass is 10.2. The minimum Gasteiger partial charge on any atom is -0.495 e. The molecule has 0 saturated carbocycles. The van der Waals surface area contributed by atoms with Gasteiger partial charge in [0.15, 0.2) is 11.5 Å². The van der Waals surface area contributed by atoms with Crippen molar-refractivity contribution in [2.45, 2.75) is 4.90 Å². The molecule has 3 aromatic rings. The fraction of sp³-hybridized carbons (Fsp3) is 0.167. The molecule has 0 unspecified atom stereocenters. The van der Waals surface area contributed by atoms with Gasteiger partial charge in [-0.3, -0.25) is 19.2 Å². The summed E-state index contributed by atoms with van der Waals surface area (Å²) >= 11 is 6.14.